The van der Waals surface area contributed by atoms with Crippen molar-refractivity contribution in [3.05, 3.63) is 86.8 Å². The molecule has 0 atom stereocenters. The van der Waals surface area contributed by atoms with Gasteiger partial charge in [-0.25, -0.2) is 0 Å². The molecule has 1 amide bonds. The Morgan fingerprint density at radius 2 is 1.85 bits per heavy atom. The fraction of sp³-hybridized carbons (Fsp3) is 0.0476. The van der Waals surface area contributed by atoms with Crippen LogP contribution in [0.2, 0.25) is 5.02 Å². The highest BCUT2D eigenvalue weighted by Gasteiger charge is 2.19. The molecule has 6 heteroatoms. The zero-order chi connectivity index (χ0) is 19.0. The van der Waals surface area contributed by atoms with E-state index in [1.54, 1.807) is 42.5 Å². The molecule has 0 radical (unpaired) electrons. The summed E-state index contributed by atoms with van der Waals surface area (Å²) < 4.78 is 5.83. The third-order valence-corrected chi connectivity index (χ3v) is 5.37. The quantitative estimate of drug-likeness (QED) is 0.435. The molecule has 0 saturated heterocycles. The Hall–Kier alpha value is -2.89. The molecule has 4 nitrogen and oxygen atoms in total. The summed E-state index contributed by atoms with van der Waals surface area (Å²) in [7, 11) is 0. The molecule has 2 heterocycles. The van der Waals surface area contributed by atoms with E-state index in [1.165, 1.54) is 11.3 Å². The lowest BCUT2D eigenvalue weighted by molar-refractivity contribution is 0.101. The second kappa shape index (κ2) is 7.02. The number of furan rings is 1. The van der Waals surface area contributed by atoms with Crippen LogP contribution in [0.1, 0.15) is 31.4 Å². The monoisotopic (exact) mass is 395 g/mol. The third-order valence-electron chi connectivity index (χ3n) is 4.25. The fourth-order valence-electron chi connectivity index (χ4n) is 2.85. The Kier molecular flexibility index (Phi) is 4.56. The molecule has 4 aromatic rings. The number of hydrogen-bond donors (Lipinski definition) is 1. The Bertz CT molecular complexity index is 1140. The number of amides is 1. The maximum absolute atomic E-state index is 12.8. The second-order valence-corrected chi connectivity index (χ2v) is 7.42. The normalized spacial score (nSPS) is 10.9. The lowest BCUT2D eigenvalue weighted by Crippen LogP contribution is -2.09. The molecule has 0 aliphatic heterocycles. The van der Waals surface area contributed by atoms with E-state index in [9.17, 15) is 9.59 Å². The summed E-state index contributed by atoms with van der Waals surface area (Å²) in [6.07, 6.45) is 0. The van der Waals surface area contributed by atoms with Gasteiger partial charge in [-0.15, -0.1) is 11.3 Å². The van der Waals surface area contributed by atoms with Crippen molar-refractivity contribution in [2.45, 2.75) is 6.92 Å². The van der Waals surface area contributed by atoms with E-state index in [4.69, 9.17) is 16.0 Å². The van der Waals surface area contributed by atoms with Gasteiger partial charge in [0.2, 0.25) is 5.78 Å². The SMILES string of the molecule is Cc1c(C(=O)c2ccc(Cl)cc2)oc2cc(NC(=O)c3cccs3)ccc12. The zero-order valence-corrected chi connectivity index (χ0v) is 15.9. The fourth-order valence-corrected chi connectivity index (χ4v) is 3.60. The minimum atomic E-state index is -0.204. The minimum absolute atomic E-state index is 0.176. The molecule has 27 heavy (non-hydrogen) atoms. The van der Waals surface area contributed by atoms with Gasteiger partial charge in [0.1, 0.15) is 5.58 Å². The van der Waals surface area contributed by atoms with Crippen LogP contribution in [0.3, 0.4) is 0 Å². The van der Waals surface area contributed by atoms with Gasteiger partial charge in [-0.2, -0.15) is 0 Å². The first-order valence-electron chi connectivity index (χ1n) is 8.21. The van der Waals surface area contributed by atoms with Gasteiger partial charge in [0.25, 0.3) is 5.91 Å². The molecule has 0 bridgehead atoms. The highest BCUT2D eigenvalue weighted by molar-refractivity contribution is 7.12. The number of halogens is 1. The second-order valence-electron chi connectivity index (χ2n) is 6.03. The summed E-state index contributed by atoms with van der Waals surface area (Å²) >= 11 is 7.26. The van der Waals surface area contributed by atoms with Gasteiger partial charge in [0.15, 0.2) is 5.76 Å². The van der Waals surface area contributed by atoms with Crippen molar-refractivity contribution in [2.75, 3.05) is 5.32 Å². The summed E-state index contributed by atoms with van der Waals surface area (Å²) in [6, 6.07) is 15.6. The molecule has 0 saturated carbocycles. The van der Waals surface area contributed by atoms with E-state index in [1.807, 2.05) is 24.4 Å². The van der Waals surface area contributed by atoms with Gasteiger partial charge in [0.05, 0.1) is 4.88 Å². The first-order valence-corrected chi connectivity index (χ1v) is 9.47. The van der Waals surface area contributed by atoms with Crippen LogP contribution >= 0.6 is 22.9 Å². The smallest absolute Gasteiger partial charge is 0.265 e. The van der Waals surface area contributed by atoms with Crippen LogP contribution in [0.25, 0.3) is 11.0 Å². The number of carbonyl (C=O) groups is 2. The van der Waals surface area contributed by atoms with Crippen molar-refractivity contribution < 1.29 is 14.0 Å². The van der Waals surface area contributed by atoms with Gasteiger partial charge in [0, 0.05) is 33.3 Å². The van der Waals surface area contributed by atoms with Gasteiger partial charge < -0.3 is 9.73 Å². The summed E-state index contributed by atoms with van der Waals surface area (Å²) in [5, 5.41) is 6.10. The molecule has 1 N–H and O–H groups in total. The maximum Gasteiger partial charge on any atom is 0.265 e. The van der Waals surface area contributed by atoms with Crippen LogP contribution < -0.4 is 5.32 Å². The van der Waals surface area contributed by atoms with E-state index < -0.39 is 0 Å². The molecule has 4 rings (SSSR count). The van der Waals surface area contributed by atoms with Crippen LogP contribution in [0.4, 0.5) is 5.69 Å². The molecule has 2 aromatic heterocycles. The molecular weight excluding hydrogens is 382 g/mol. The van der Waals surface area contributed by atoms with Gasteiger partial charge in [-0.05, 0) is 54.8 Å². The first-order chi connectivity index (χ1) is 13.0. The summed E-state index contributed by atoms with van der Waals surface area (Å²) in [5.74, 6) is -0.0938. The Morgan fingerprint density at radius 3 is 2.56 bits per heavy atom. The number of benzene rings is 2. The summed E-state index contributed by atoms with van der Waals surface area (Å²) in [6.45, 7) is 1.85. The molecule has 134 valence electrons. The number of rotatable bonds is 4. The van der Waals surface area contributed by atoms with Gasteiger partial charge in [-0.3, -0.25) is 9.59 Å². The van der Waals surface area contributed by atoms with Crippen LogP contribution in [0, 0.1) is 6.92 Å². The zero-order valence-electron chi connectivity index (χ0n) is 14.3. The van der Waals surface area contributed by atoms with Crippen molar-refractivity contribution in [2.24, 2.45) is 0 Å². The molecule has 0 aliphatic carbocycles. The van der Waals surface area contributed by atoms with Crippen LogP contribution in [-0.2, 0) is 0 Å². The number of thiophene rings is 1. The number of ketones is 1. The molecule has 2 aromatic carbocycles. The van der Waals surface area contributed by atoms with Gasteiger partial charge in [-0.1, -0.05) is 17.7 Å². The Balaban J connectivity index is 1.66. The number of aryl methyl sites for hydroxylation is 1. The Morgan fingerprint density at radius 1 is 1.07 bits per heavy atom. The number of carbonyl (C=O) groups excluding carboxylic acids is 2. The van der Waals surface area contributed by atoms with Gasteiger partial charge >= 0.3 is 0 Å². The third kappa shape index (κ3) is 3.39. The van der Waals surface area contributed by atoms with Crippen LogP contribution in [0.5, 0.6) is 0 Å². The highest BCUT2D eigenvalue weighted by atomic mass is 35.5. The predicted octanol–water partition coefficient (Wildman–Crippen LogP) is 5.94. The molecule has 0 unspecified atom stereocenters. The van der Waals surface area contributed by atoms with Crippen LogP contribution in [0.15, 0.2) is 64.4 Å². The number of fused-ring (bicyclic) bond motifs is 1. The standard InChI is InChI=1S/C21H14ClNO3S/c1-12-16-9-8-15(23-21(25)18-3-2-10-27-18)11-17(16)26-20(12)19(24)13-4-6-14(22)7-5-13/h2-11H,1H3,(H,23,25). The molecule has 0 aliphatic rings. The van der Waals surface area contributed by atoms with Crippen molar-refractivity contribution in [1.82, 2.24) is 0 Å². The Labute approximate surface area is 164 Å². The minimum Gasteiger partial charge on any atom is -0.452 e. The average Bonchev–Trinajstić information content (AvgIpc) is 3.30. The number of hydrogen-bond acceptors (Lipinski definition) is 4. The molecule has 0 spiro atoms. The molecule has 0 fully saturated rings. The lowest BCUT2D eigenvalue weighted by atomic mass is 10.0. The van der Waals surface area contributed by atoms with Crippen molar-refractivity contribution in [3.63, 3.8) is 0 Å². The number of anilines is 1. The van der Waals surface area contributed by atoms with E-state index >= 15 is 0 Å². The average molecular weight is 396 g/mol. The largest absolute Gasteiger partial charge is 0.452 e. The predicted molar refractivity (Wildman–Crippen MR) is 108 cm³/mol. The van der Waals surface area contributed by atoms with E-state index in [-0.39, 0.29) is 17.5 Å². The summed E-state index contributed by atoms with van der Waals surface area (Å²) in [4.78, 5) is 25.6. The van der Waals surface area contributed by atoms with Crippen molar-refractivity contribution in [1.29, 1.82) is 0 Å². The van der Waals surface area contributed by atoms with E-state index in [0.29, 0.717) is 26.7 Å². The van der Waals surface area contributed by atoms with Crippen LogP contribution in [-0.4, -0.2) is 11.7 Å². The van der Waals surface area contributed by atoms with E-state index in [0.717, 1.165) is 10.9 Å². The maximum atomic E-state index is 12.8. The number of nitrogens with one attached hydrogen (secondary N) is 1. The highest BCUT2D eigenvalue weighted by Crippen LogP contribution is 2.30. The van der Waals surface area contributed by atoms with Crippen molar-refractivity contribution >= 4 is 51.3 Å². The summed E-state index contributed by atoms with van der Waals surface area (Å²) in [5.41, 5.74) is 2.43. The topological polar surface area (TPSA) is 59.3 Å². The lowest BCUT2D eigenvalue weighted by Gasteiger charge is -2.03. The molecular formula is C21H14ClNO3S. The first kappa shape index (κ1) is 17.5. The van der Waals surface area contributed by atoms with E-state index in [2.05, 4.69) is 5.32 Å². The van der Waals surface area contributed by atoms with Crippen molar-refractivity contribution in [3.8, 4) is 0 Å².